The summed E-state index contributed by atoms with van der Waals surface area (Å²) in [7, 11) is 0. The van der Waals surface area contributed by atoms with E-state index in [9.17, 15) is 5.11 Å². The molecule has 3 aromatic carbocycles. The van der Waals surface area contributed by atoms with Gasteiger partial charge in [0, 0.05) is 38.0 Å². The molecule has 0 saturated carbocycles. The van der Waals surface area contributed by atoms with Crippen molar-refractivity contribution in [1.29, 1.82) is 0 Å². The third kappa shape index (κ3) is 5.40. The summed E-state index contributed by atoms with van der Waals surface area (Å²) in [6, 6.07) is 24.8. The fourth-order valence-corrected chi connectivity index (χ4v) is 5.01. The average molecular weight is 444 g/mol. The summed E-state index contributed by atoms with van der Waals surface area (Å²) in [5.41, 5.74) is 4.30. The van der Waals surface area contributed by atoms with E-state index in [0.717, 1.165) is 56.8 Å². The molecule has 2 aliphatic rings. The number of hydrogen-bond donors (Lipinski definition) is 1. The second-order valence-electron chi connectivity index (χ2n) is 9.62. The number of ether oxygens (including phenoxy) is 2. The van der Waals surface area contributed by atoms with Gasteiger partial charge < -0.3 is 14.6 Å². The Morgan fingerprint density at radius 1 is 1.00 bits per heavy atom. The number of aliphatic hydroxyl groups is 1. The minimum Gasteiger partial charge on any atom is -0.489 e. The van der Waals surface area contributed by atoms with Gasteiger partial charge in [0.15, 0.2) is 0 Å². The van der Waals surface area contributed by atoms with Crippen molar-refractivity contribution in [3.8, 4) is 11.5 Å². The van der Waals surface area contributed by atoms with Gasteiger partial charge in [0.05, 0.1) is 5.60 Å². The van der Waals surface area contributed by atoms with Crippen LogP contribution >= 0.6 is 0 Å². The maximum absolute atomic E-state index is 11.2. The number of aryl methyl sites for hydroxylation is 1. The molecule has 0 aliphatic carbocycles. The van der Waals surface area contributed by atoms with E-state index in [4.69, 9.17) is 9.47 Å². The third-order valence-electron chi connectivity index (χ3n) is 7.05. The number of hydrogen-bond acceptors (Lipinski definition) is 4. The van der Waals surface area contributed by atoms with Crippen molar-refractivity contribution in [2.75, 3.05) is 19.6 Å². The lowest BCUT2D eigenvalue weighted by Crippen LogP contribution is -2.48. The molecule has 1 fully saturated rings. The molecular weight excluding hydrogens is 410 g/mol. The Hall–Kier alpha value is -2.82. The first-order chi connectivity index (χ1) is 16.1. The highest BCUT2D eigenvalue weighted by atomic mass is 16.5. The second kappa shape index (κ2) is 9.58. The van der Waals surface area contributed by atoms with Gasteiger partial charge in [-0.05, 0) is 54.7 Å². The van der Waals surface area contributed by atoms with Crippen molar-refractivity contribution in [1.82, 2.24) is 4.90 Å². The van der Waals surface area contributed by atoms with E-state index in [1.807, 2.05) is 30.3 Å². The molecule has 0 radical (unpaired) electrons. The normalized spacial score (nSPS) is 19.6. The van der Waals surface area contributed by atoms with Gasteiger partial charge in [0.25, 0.3) is 0 Å². The molecule has 33 heavy (non-hydrogen) atoms. The van der Waals surface area contributed by atoms with Gasteiger partial charge in [0.1, 0.15) is 24.2 Å². The smallest absolute Gasteiger partial charge is 0.123 e. The highest BCUT2D eigenvalue weighted by Crippen LogP contribution is 2.34. The molecule has 0 spiro atoms. The van der Waals surface area contributed by atoms with Crippen molar-refractivity contribution in [2.24, 2.45) is 0 Å². The summed E-state index contributed by atoms with van der Waals surface area (Å²) < 4.78 is 12.2. The molecule has 1 N–H and O–H groups in total. The Morgan fingerprint density at radius 2 is 1.76 bits per heavy atom. The fourth-order valence-electron chi connectivity index (χ4n) is 5.01. The standard InChI is InChI=1S/C29H33NO3/c1-22-7-5-6-10-24(22)19-29(31)13-15-30(16-14-29)20-27-18-25-17-26(11-12-28(25)33-27)32-21-23-8-3-2-4-9-23/h2-12,17,27,31H,13-16,18-21H2,1H3. The van der Waals surface area contributed by atoms with Crippen molar-refractivity contribution in [3.63, 3.8) is 0 Å². The molecule has 5 rings (SSSR count). The lowest BCUT2D eigenvalue weighted by atomic mass is 9.84. The Labute approximate surface area is 196 Å². The SMILES string of the molecule is Cc1ccccc1CC1(O)CCN(CC2Cc3cc(OCc4ccccc4)ccc3O2)CC1. The van der Waals surface area contributed by atoms with Gasteiger partial charge in [-0.1, -0.05) is 54.6 Å². The van der Waals surface area contributed by atoms with Crippen LogP contribution in [0.15, 0.2) is 72.8 Å². The lowest BCUT2D eigenvalue weighted by molar-refractivity contribution is -0.0265. The number of nitrogens with zero attached hydrogens (tertiary/aromatic N) is 1. The van der Waals surface area contributed by atoms with Crippen LogP contribution in [0.25, 0.3) is 0 Å². The minimum atomic E-state index is -0.604. The molecule has 3 aromatic rings. The van der Waals surface area contributed by atoms with E-state index < -0.39 is 5.60 Å². The Kier molecular flexibility index (Phi) is 6.39. The highest BCUT2D eigenvalue weighted by Gasteiger charge is 2.34. The van der Waals surface area contributed by atoms with E-state index in [-0.39, 0.29) is 6.10 Å². The zero-order chi connectivity index (χ0) is 22.7. The van der Waals surface area contributed by atoms with Gasteiger partial charge in [-0.15, -0.1) is 0 Å². The van der Waals surface area contributed by atoms with Gasteiger partial charge in [0.2, 0.25) is 0 Å². The van der Waals surface area contributed by atoms with Gasteiger partial charge in [-0.3, -0.25) is 4.90 Å². The topological polar surface area (TPSA) is 41.9 Å². The Morgan fingerprint density at radius 3 is 2.55 bits per heavy atom. The van der Waals surface area contributed by atoms with Crippen LogP contribution in [0, 0.1) is 6.92 Å². The summed E-state index contributed by atoms with van der Waals surface area (Å²) in [5, 5.41) is 11.2. The lowest BCUT2D eigenvalue weighted by Gasteiger charge is -2.39. The summed E-state index contributed by atoms with van der Waals surface area (Å²) in [5.74, 6) is 1.86. The molecule has 0 amide bonds. The Balaban J connectivity index is 1.11. The maximum atomic E-state index is 11.2. The monoisotopic (exact) mass is 443 g/mol. The minimum absolute atomic E-state index is 0.159. The molecule has 172 valence electrons. The first-order valence-electron chi connectivity index (χ1n) is 12.0. The summed E-state index contributed by atoms with van der Waals surface area (Å²) >= 11 is 0. The van der Waals surface area contributed by atoms with Crippen molar-refractivity contribution in [2.45, 2.75) is 50.9 Å². The van der Waals surface area contributed by atoms with Gasteiger partial charge in [-0.25, -0.2) is 0 Å². The average Bonchev–Trinajstić information content (AvgIpc) is 3.23. The van der Waals surface area contributed by atoms with Crippen LogP contribution in [0.1, 0.15) is 35.1 Å². The van der Waals surface area contributed by atoms with Crippen molar-refractivity contribution < 1.29 is 14.6 Å². The fraction of sp³-hybridized carbons (Fsp3) is 0.379. The van der Waals surface area contributed by atoms with Crippen LogP contribution in [0.5, 0.6) is 11.5 Å². The quantitative estimate of drug-likeness (QED) is 0.561. The number of rotatable bonds is 7. The summed E-state index contributed by atoms with van der Waals surface area (Å²) in [4.78, 5) is 2.44. The Bertz CT molecular complexity index is 1070. The number of piperidine rings is 1. The van der Waals surface area contributed by atoms with Crippen LogP contribution < -0.4 is 9.47 Å². The molecule has 1 unspecified atom stereocenters. The molecule has 2 heterocycles. The highest BCUT2D eigenvalue weighted by molar-refractivity contribution is 5.43. The predicted molar refractivity (Wildman–Crippen MR) is 131 cm³/mol. The molecule has 1 atom stereocenters. The van der Waals surface area contributed by atoms with Crippen LogP contribution in [0.4, 0.5) is 0 Å². The zero-order valence-corrected chi connectivity index (χ0v) is 19.4. The largest absolute Gasteiger partial charge is 0.489 e. The van der Waals surface area contributed by atoms with Crippen LogP contribution in [0.2, 0.25) is 0 Å². The number of benzene rings is 3. The second-order valence-corrected chi connectivity index (χ2v) is 9.62. The van der Waals surface area contributed by atoms with Crippen LogP contribution in [-0.2, 0) is 19.4 Å². The van der Waals surface area contributed by atoms with Gasteiger partial charge >= 0.3 is 0 Å². The summed E-state index contributed by atoms with van der Waals surface area (Å²) in [6.07, 6.45) is 3.41. The molecule has 2 aliphatic heterocycles. The summed E-state index contributed by atoms with van der Waals surface area (Å²) in [6.45, 7) is 5.41. The van der Waals surface area contributed by atoms with Gasteiger partial charge in [-0.2, -0.15) is 0 Å². The van der Waals surface area contributed by atoms with E-state index in [2.05, 4.69) is 54.3 Å². The predicted octanol–water partition coefficient (Wildman–Crippen LogP) is 4.95. The number of likely N-dealkylation sites (tertiary alicyclic amines) is 1. The number of fused-ring (bicyclic) bond motifs is 1. The zero-order valence-electron chi connectivity index (χ0n) is 19.4. The molecular formula is C29H33NO3. The van der Waals surface area contributed by atoms with E-state index in [0.29, 0.717) is 6.61 Å². The first-order valence-corrected chi connectivity index (χ1v) is 12.0. The maximum Gasteiger partial charge on any atom is 0.123 e. The van der Waals surface area contributed by atoms with Crippen molar-refractivity contribution >= 4 is 0 Å². The van der Waals surface area contributed by atoms with Crippen LogP contribution in [0.3, 0.4) is 0 Å². The van der Waals surface area contributed by atoms with Crippen LogP contribution in [-0.4, -0.2) is 41.3 Å². The van der Waals surface area contributed by atoms with Crippen molar-refractivity contribution in [3.05, 3.63) is 95.1 Å². The van der Waals surface area contributed by atoms with E-state index in [1.165, 1.54) is 22.3 Å². The van der Waals surface area contributed by atoms with E-state index in [1.54, 1.807) is 0 Å². The van der Waals surface area contributed by atoms with E-state index >= 15 is 0 Å². The molecule has 0 aromatic heterocycles. The molecule has 0 bridgehead atoms. The first kappa shape index (κ1) is 22.0. The molecule has 4 heteroatoms. The third-order valence-corrected chi connectivity index (χ3v) is 7.05. The molecule has 1 saturated heterocycles. The molecule has 4 nitrogen and oxygen atoms in total.